The zero-order valence-corrected chi connectivity index (χ0v) is 13.7. The van der Waals surface area contributed by atoms with Crippen molar-refractivity contribution in [2.24, 2.45) is 5.92 Å². The van der Waals surface area contributed by atoms with Crippen molar-refractivity contribution >= 4 is 5.91 Å². The van der Waals surface area contributed by atoms with Crippen LogP contribution in [0.15, 0.2) is 42.5 Å². The summed E-state index contributed by atoms with van der Waals surface area (Å²) in [5, 5.41) is 7.71. The van der Waals surface area contributed by atoms with E-state index in [1.165, 1.54) is 0 Å². The number of aryl methyl sites for hydroxylation is 1. The lowest BCUT2D eigenvalue weighted by Gasteiger charge is -2.17. The first-order valence-electron chi connectivity index (χ1n) is 8.20. The SMILES string of the molecule is Cc1nn(-c2ccccc2)c(C)c1CNC(=O)C1CC=CCC1. The van der Waals surface area contributed by atoms with Crippen molar-refractivity contribution in [3.63, 3.8) is 0 Å². The highest BCUT2D eigenvalue weighted by molar-refractivity contribution is 5.79. The molecule has 2 aromatic rings. The number of aromatic nitrogens is 2. The molecule has 120 valence electrons. The maximum Gasteiger partial charge on any atom is 0.223 e. The van der Waals surface area contributed by atoms with E-state index in [4.69, 9.17) is 0 Å². The van der Waals surface area contributed by atoms with Crippen molar-refractivity contribution in [1.29, 1.82) is 0 Å². The Bertz CT molecular complexity index is 716. The maximum absolute atomic E-state index is 12.3. The summed E-state index contributed by atoms with van der Waals surface area (Å²) < 4.78 is 1.94. The van der Waals surface area contributed by atoms with Crippen LogP contribution < -0.4 is 5.32 Å². The molecule has 4 heteroatoms. The lowest BCUT2D eigenvalue weighted by Crippen LogP contribution is -2.31. The largest absolute Gasteiger partial charge is 0.352 e. The van der Waals surface area contributed by atoms with Crippen LogP contribution in [0.1, 0.15) is 36.2 Å². The molecule has 0 saturated carbocycles. The predicted molar refractivity (Wildman–Crippen MR) is 91.4 cm³/mol. The molecule has 0 spiro atoms. The molecule has 23 heavy (non-hydrogen) atoms. The fourth-order valence-corrected chi connectivity index (χ4v) is 3.10. The smallest absolute Gasteiger partial charge is 0.223 e. The number of nitrogens with one attached hydrogen (secondary N) is 1. The summed E-state index contributed by atoms with van der Waals surface area (Å²) in [6.07, 6.45) is 7.07. The minimum absolute atomic E-state index is 0.116. The second-order valence-corrected chi connectivity index (χ2v) is 6.10. The Morgan fingerprint density at radius 2 is 2.04 bits per heavy atom. The summed E-state index contributed by atoms with van der Waals surface area (Å²) in [4.78, 5) is 12.3. The molecule has 1 N–H and O–H groups in total. The van der Waals surface area contributed by atoms with Gasteiger partial charge in [0.2, 0.25) is 5.91 Å². The molecule has 1 unspecified atom stereocenters. The molecule has 1 aromatic heterocycles. The number of para-hydroxylation sites is 1. The number of hydrogen-bond donors (Lipinski definition) is 1. The lowest BCUT2D eigenvalue weighted by atomic mass is 9.93. The van der Waals surface area contributed by atoms with Crippen LogP contribution in [-0.2, 0) is 11.3 Å². The number of rotatable bonds is 4. The summed E-state index contributed by atoms with van der Waals surface area (Å²) >= 11 is 0. The van der Waals surface area contributed by atoms with E-state index in [9.17, 15) is 4.79 Å². The molecule has 1 atom stereocenters. The van der Waals surface area contributed by atoms with E-state index in [0.29, 0.717) is 6.54 Å². The normalized spacial score (nSPS) is 17.2. The molecule has 1 heterocycles. The quantitative estimate of drug-likeness (QED) is 0.879. The third-order valence-corrected chi connectivity index (χ3v) is 4.52. The number of carbonyl (C=O) groups is 1. The molecule has 0 saturated heterocycles. The highest BCUT2D eigenvalue weighted by Crippen LogP contribution is 2.20. The summed E-state index contributed by atoms with van der Waals surface area (Å²) in [5.74, 6) is 0.269. The van der Waals surface area contributed by atoms with Crippen LogP contribution in [0.3, 0.4) is 0 Å². The van der Waals surface area contributed by atoms with Crippen LogP contribution >= 0.6 is 0 Å². The van der Waals surface area contributed by atoms with Crippen molar-refractivity contribution in [3.8, 4) is 5.69 Å². The molecule has 1 aromatic carbocycles. The van der Waals surface area contributed by atoms with Crippen molar-refractivity contribution in [3.05, 3.63) is 59.4 Å². The topological polar surface area (TPSA) is 46.9 Å². The van der Waals surface area contributed by atoms with Gasteiger partial charge in [-0.25, -0.2) is 4.68 Å². The Morgan fingerprint density at radius 3 is 2.74 bits per heavy atom. The first kappa shape index (κ1) is 15.5. The van der Waals surface area contributed by atoms with Crippen LogP contribution in [0.5, 0.6) is 0 Å². The van der Waals surface area contributed by atoms with E-state index in [2.05, 4.69) is 29.5 Å². The maximum atomic E-state index is 12.3. The second-order valence-electron chi connectivity index (χ2n) is 6.10. The van der Waals surface area contributed by atoms with Crippen molar-refractivity contribution in [1.82, 2.24) is 15.1 Å². The minimum Gasteiger partial charge on any atom is -0.352 e. The predicted octanol–water partition coefficient (Wildman–Crippen LogP) is 3.46. The van der Waals surface area contributed by atoms with Crippen molar-refractivity contribution < 1.29 is 4.79 Å². The molecular formula is C19H23N3O. The second kappa shape index (κ2) is 6.82. The summed E-state index contributed by atoms with van der Waals surface area (Å²) in [6.45, 7) is 4.60. The molecule has 0 aliphatic heterocycles. The van der Waals surface area contributed by atoms with Gasteiger partial charge >= 0.3 is 0 Å². The third-order valence-electron chi connectivity index (χ3n) is 4.52. The average Bonchev–Trinajstić information content (AvgIpc) is 2.88. The van der Waals surface area contributed by atoms with Crippen LogP contribution in [-0.4, -0.2) is 15.7 Å². The van der Waals surface area contributed by atoms with E-state index in [0.717, 1.165) is 41.9 Å². The van der Waals surface area contributed by atoms with Crippen LogP contribution in [0.4, 0.5) is 0 Å². The molecule has 3 rings (SSSR count). The van der Waals surface area contributed by atoms with Gasteiger partial charge in [0.15, 0.2) is 0 Å². The van der Waals surface area contributed by atoms with Gasteiger partial charge in [0.1, 0.15) is 0 Å². The fraction of sp³-hybridized carbons (Fsp3) is 0.368. The number of amides is 1. The van der Waals surface area contributed by atoms with Gasteiger partial charge in [0.05, 0.1) is 11.4 Å². The van der Waals surface area contributed by atoms with Gasteiger partial charge in [0.25, 0.3) is 0 Å². The fourth-order valence-electron chi connectivity index (χ4n) is 3.10. The van der Waals surface area contributed by atoms with E-state index in [1.54, 1.807) is 0 Å². The van der Waals surface area contributed by atoms with E-state index >= 15 is 0 Å². The Balaban J connectivity index is 1.72. The zero-order chi connectivity index (χ0) is 16.2. The summed E-state index contributed by atoms with van der Waals surface area (Å²) in [5.41, 5.74) is 4.20. The van der Waals surface area contributed by atoms with Gasteiger partial charge in [0, 0.05) is 23.7 Å². The number of hydrogen-bond acceptors (Lipinski definition) is 2. The van der Waals surface area contributed by atoms with Crippen LogP contribution in [0, 0.1) is 19.8 Å². The van der Waals surface area contributed by atoms with Gasteiger partial charge in [-0.1, -0.05) is 30.4 Å². The monoisotopic (exact) mass is 309 g/mol. The lowest BCUT2D eigenvalue weighted by molar-refractivity contribution is -0.125. The van der Waals surface area contributed by atoms with Gasteiger partial charge < -0.3 is 5.32 Å². The molecule has 1 aliphatic carbocycles. The molecule has 1 amide bonds. The highest BCUT2D eigenvalue weighted by atomic mass is 16.1. The molecule has 0 bridgehead atoms. The van der Waals surface area contributed by atoms with Gasteiger partial charge in [-0.05, 0) is 45.2 Å². The van der Waals surface area contributed by atoms with E-state index in [-0.39, 0.29) is 11.8 Å². The van der Waals surface area contributed by atoms with Crippen LogP contribution in [0.2, 0.25) is 0 Å². The van der Waals surface area contributed by atoms with Gasteiger partial charge in [-0.15, -0.1) is 0 Å². The summed E-state index contributed by atoms with van der Waals surface area (Å²) in [6, 6.07) is 10.1. The Morgan fingerprint density at radius 1 is 1.26 bits per heavy atom. The standard InChI is InChI=1S/C19H23N3O/c1-14-18(13-20-19(23)16-9-5-3-6-10-16)15(2)22(21-14)17-11-7-4-8-12-17/h3-5,7-8,11-12,16H,6,9-10,13H2,1-2H3,(H,20,23). The summed E-state index contributed by atoms with van der Waals surface area (Å²) in [7, 11) is 0. The number of allylic oxidation sites excluding steroid dienone is 2. The first-order chi connectivity index (χ1) is 11.2. The Hall–Kier alpha value is -2.36. The van der Waals surface area contributed by atoms with E-state index < -0.39 is 0 Å². The van der Waals surface area contributed by atoms with Crippen LogP contribution in [0.25, 0.3) is 5.69 Å². The highest BCUT2D eigenvalue weighted by Gasteiger charge is 2.20. The molecular weight excluding hydrogens is 286 g/mol. The van der Waals surface area contributed by atoms with Gasteiger partial charge in [-0.3, -0.25) is 4.79 Å². The minimum atomic E-state index is 0.116. The average molecular weight is 309 g/mol. The first-order valence-corrected chi connectivity index (χ1v) is 8.20. The third kappa shape index (κ3) is 3.36. The Kier molecular flexibility index (Phi) is 4.60. The van der Waals surface area contributed by atoms with Crippen molar-refractivity contribution in [2.75, 3.05) is 0 Å². The number of nitrogens with zero attached hydrogens (tertiary/aromatic N) is 2. The Labute approximate surface area is 137 Å². The molecule has 4 nitrogen and oxygen atoms in total. The van der Waals surface area contributed by atoms with Gasteiger partial charge in [-0.2, -0.15) is 5.10 Å². The molecule has 0 fully saturated rings. The number of carbonyl (C=O) groups excluding carboxylic acids is 1. The molecule has 0 radical (unpaired) electrons. The number of benzene rings is 1. The zero-order valence-electron chi connectivity index (χ0n) is 13.7. The van der Waals surface area contributed by atoms with Crippen molar-refractivity contribution in [2.45, 2.75) is 39.7 Å². The van der Waals surface area contributed by atoms with E-state index in [1.807, 2.05) is 41.9 Å². The molecule has 1 aliphatic rings.